The Balaban J connectivity index is 1.12. The Kier molecular flexibility index (Phi) is 7.34. The lowest BCUT2D eigenvalue weighted by Gasteiger charge is -2.33. The number of carbonyl (C=O) groups is 1. The zero-order valence-corrected chi connectivity index (χ0v) is 18.9. The molecule has 2 aliphatic heterocycles. The van der Waals surface area contributed by atoms with Crippen molar-refractivity contribution in [1.29, 1.82) is 0 Å². The van der Waals surface area contributed by atoms with Crippen LogP contribution < -0.4 is 5.32 Å². The van der Waals surface area contributed by atoms with Crippen molar-refractivity contribution in [3.05, 3.63) is 38.5 Å². The summed E-state index contributed by atoms with van der Waals surface area (Å²) in [7, 11) is 0. The van der Waals surface area contributed by atoms with Gasteiger partial charge >= 0.3 is 0 Å². The normalized spacial score (nSPS) is 20.2. The summed E-state index contributed by atoms with van der Waals surface area (Å²) in [5, 5.41) is 8.70. The van der Waals surface area contributed by atoms with Crippen molar-refractivity contribution in [3.8, 4) is 0 Å². The van der Waals surface area contributed by atoms with Crippen molar-refractivity contribution in [1.82, 2.24) is 20.1 Å². The molecule has 2 aromatic heterocycles. The summed E-state index contributed by atoms with van der Waals surface area (Å²) in [4.78, 5) is 23.6. The Morgan fingerprint density at radius 3 is 2.48 bits per heavy atom. The van der Waals surface area contributed by atoms with E-state index in [1.165, 1.54) is 23.4 Å². The molecular formula is C22H32N4OS2. The van der Waals surface area contributed by atoms with E-state index in [2.05, 4.69) is 49.9 Å². The van der Waals surface area contributed by atoms with Crippen LogP contribution in [0.4, 0.5) is 0 Å². The summed E-state index contributed by atoms with van der Waals surface area (Å²) >= 11 is 3.56. The van der Waals surface area contributed by atoms with Gasteiger partial charge in [0.1, 0.15) is 0 Å². The zero-order chi connectivity index (χ0) is 20.1. The predicted octanol–water partition coefficient (Wildman–Crippen LogP) is 3.75. The molecule has 29 heavy (non-hydrogen) atoms. The van der Waals surface area contributed by atoms with Crippen LogP contribution in [0, 0.1) is 18.8 Å². The fourth-order valence-corrected chi connectivity index (χ4v) is 5.77. The molecule has 0 bridgehead atoms. The number of likely N-dealkylation sites (tertiary alicyclic amines) is 2. The molecule has 2 aromatic rings. The van der Waals surface area contributed by atoms with Crippen LogP contribution in [0.25, 0.3) is 0 Å². The number of carbonyl (C=O) groups excluding carboxylic acids is 1. The maximum atomic E-state index is 12.6. The summed E-state index contributed by atoms with van der Waals surface area (Å²) < 4.78 is 0. The molecule has 0 atom stereocenters. The summed E-state index contributed by atoms with van der Waals surface area (Å²) in [6.45, 7) is 9.19. The number of aryl methyl sites for hydroxylation is 1. The fourth-order valence-electron chi connectivity index (χ4n) is 4.42. The van der Waals surface area contributed by atoms with Crippen LogP contribution in [-0.4, -0.2) is 53.4 Å². The molecular weight excluding hydrogens is 400 g/mol. The minimum Gasteiger partial charge on any atom is -0.356 e. The second-order valence-electron chi connectivity index (χ2n) is 8.45. The Bertz CT molecular complexity index is 760. The van der Waals surface area contributed by atoms with Crippen molar-refractivity contribution in [3.63, 3.8) is 0 Å². The maximum absolute atomic E-state index is 12.6. The molecule has 4 rings (SSSR count). The van der Waals surface area contributed by atoms with Crippen LogP contribution in [0.3, 0.4) is 0 Å². The van der Waals surface area contributed by atoms with E-state index >= 15 is 0 Å². The Morgan fingerprint density at radius 2 is 1.83 bits per heavy atom. The van der Waals surface area contributed by atoms with Gasteiger partial charge in [0, 0.05) is 35.8 Å². The van der Waals surface area contributed by atoms with Crippen LogP contribution in [0.15, 0.2) is 22.9 Å². The van der Waals surface area contributed by atoms with Crippen LogP contribution in [0.1, 0.15) is 41.3 Å². The molecule has 0 saturated carbocycles. The number of piperidine rings is 2. The molecule has 0 aromatic carbocycles. The van der Waals surface area contributed by atoms with Gasteiger partial charge in [-0.1, -0.05) is 6.07 Å². The van der Waals surface area contributed by atoms with Gasteiger partial charge in [-0.2, -0.15) is 0 Å². The highest BCUT2D eigenvalue weighted by atomic mass is 32.1. The van der Waals surface area contributed by atoms with Gasteiger partial charge < -0.3 is 5.32 Å². The molecule has 2 aliphatic rings. The number of nitrogens with one attached hydrogen (secondary N) is 1. The number of amides is 1. The maximum Gasteiger partial charge on any atom is 0.223 e. The van der Waals surface area contributed by atoms with Crippen molar-refractivity contribution in [2.75, 3.05) is 32.7 Å². The van der Waals surface area contributed by atoms with E-state index in [0.717, 1.165) is 63.7 Å². The van der Waals surface area contributed by atoms with Crippen LogP contribution in [-0.2, 0) is 17.9 Å². The number of nitrogens with zero attached hydrogens (tertiary/aromatic N) is 3. The number of thiophene rings is 1. The standard InChI is InChI=1S/C22H32N4OS2/c1-17-24-20(16-29-17)14-25-10-6-19(7-11-25)22(27)23-13-18-4-8-26(9-5-18)15-21-3-2-12-28-21/h2-3,12,16,18-19H,4-11,13-15H2,1H3,(H,23,27). The lowest BCUT2D eigenvalue weighted by molar-refractivity contribution is -0.126. The molecule has 0 unspecified atom stereocenters. The summed E-state index contributed by atoms with van der Waals surface area (Å²) in [5.41, 5.74) is 1.17. The van der Waals surface area contributed by atoms with Gasteiger partial charge in [0.2, 0.25) is 5.91 Å². The van der Waals surface area contributed by atoms with E-state index in [1.807, 2.05) is 11.3 Å². The van der Waals surface area contributed by atoms with Crippen molar-refractivity contribution < 1.29 is 4.79 Å². The van der Waals surface area contributed by atoms with E-state index in [1.54, 1.807) is 11.3 Å². The molecule has 1 N–H and O–H groups in total. The minimum atomic E-state index is 0.183. The zero-order valence-electron chi connectivity index (χ0n) is 17.3. The van der Waals surface area contributed by atoms with Crippen LogP contribution >= 0.6 is 22.7 Å². The minimum absolute atomic E-state index is 0.183. The molecule has 7 heteroatoms. The molecule has 2 saturated heterocycles. The Labute approximate surface area is 182 Å². The SMILES string of the molecule is Cc1nc(CN2CCC(C(=O)NCC3CCN(Cc4cccs4)CC3)CC2)cs1. The predicted molar refractivity (Wildman–Crippen MR) is 120 cm³/mol. The van der Waals surface area contributed by atoms with E-state index < -0.39 is 0 Å². The third kappa shape index (κ3) is 6.10. The first-order valence-electron chi connectivity index (χ1n) is 10.8. The van der Waals surface area contributed by atoms with Gasteiger partial charge in [-0.3, -0.25) is 14.6 Å². The monoisotopic (exact) mass is 432 g/mol. The van der Waals surface area contributed by atoms with Gasteiger partial charge in [-0.25, -0.2) is 4.98 Å². The lowest BCUT2D eigenvalue weighted by Crippen LogP contribution is -2.43. The van der Waals surface area contributed by atoms with Crippen molar-refractivity contribution in [2.24, 2.45) is 11.8 Å². The van der Waals surface area contributed by atoms with Gasteiger partial charge in [-0.05, 0) is 76.2 Å². The molecule has 2 fully saturated rings. The molecule has 0 aliphatic carbocycles. The van der Waals surface area contributed by atoms with Gasteiger partial charge in [0.25, 0.3) is 0 Å². The van der Waals surface area contributed by atoms with Crippen LogP contribution in [0.5, 0.6) is 0 Å². The smallest absolute Gasteiger partial charge is 0.223 e. The van der Waals surface area contributed by atoms with E-state index in [-0.39, 0.29) is 11.8 Å². The van der Waals surface area contributed by atoms with E-state index in [0.29, 0.717) is 5.92 Å². The second kappa shape index (κ2) is 10.2. The first-order chi connectivity index (χ1) is 14.2. The number of hydrogen-bond acceptors (Lipinski definition) is 6. The molecule has 158 valence electrons. The highest BCUT2D eigenvalue weighted by Gasteiger charge is 2.26. The quantitative estimate of drug-likeness (QED) is 0.724. The number of rotatable bonds is 7. The highest BCUT2D eigenvalue weighted by molar-refractivity contribution is 7.10. The largest absolute Gasteiger partial charge is 0.356 e. The summed E-state index contributed by atoms with van der Waals surface area (Å²) in [5.74, 6) is 1.09. The summed E-state index contributed by atoms with van der Waals surface area (Å²) in [6, 6.07) is 4.35. The van der Waals surface area contributed by atoms with E-state index in [4.69, 9.17) is 0 Å². The average molecular weight is 433 g/mol. The van der Waals surface area contributed by atoms with Gasteiger partial charge in [0.15, 0.2) is 0 Å². The van der Waals surface area contributed by atoms with Crippen LogP contribution in [0.2, 0.25) is 0 Å². The number of aromatic nitrogens is 1. The fraction of sp³-hybridized carbons (Fsp3) is 0.636. The van der Waals surface area contributed by atoms with Gasteiger partial charge in [-0.15, -0.1) is 22.7 Å². The summed E-state index contributed by atoms with van der Waals surface area (Å²) in [6.07, 6.45) is 4.32. The van der Waals surface area contributed by atoms with E-state index in [9.17, 15) is 4.79 Å². The third-order valence-corrected chi connectivity index (χ3v) is 7.93. The molecule has 4 heterocycles. The molecule has 5 nitrogen and oxygen atoms in total. The molecule has 0 radical (unpaired) electrons. The molecule has 0 spiro atoms. The Hall–Kier alpha value is -1.28. The first kappa shape index (κ1) is 21.0. The average Bonchev–Trinajstić information content (AvgIpc) is 3.39. The highest BCUT2D eigenvalue weighted by Crippen LogP contribution is 2.22. The molecule has 1 amide bonds. The number of thiazole rings is 1. The third-order valence-electron chi connectivity index (χ3n) is 6.24. The topological polar surface area (TPSA) is 48.5 Å². The van der Waals surface area contributed by atoms with Crippen molar-refractivity contribution in [2.45, 2.75) is 45.7 Å². The first-order valence-corrected chi connectivity index (χ1v) is 12.6. The second-order valence-corrected chi connectivity index (χ2v) is 10.5. The Morgan fingerprint density at radius 1 is 1.10 bits per heavy atom. The van der Waals surface area contributed by atoms with Gasteiger partial charge in [0.05, 0.1) is 10.7 Å². The van der Waals surface area contributed by atoms with Crippen molar-refractivity contribution >= 4 is 28.6 Å². The lowest BCUT2D eigenvalue weighted by atomic mass is 9.94. The number of hydrogen-bond donors (Lipinski definition) is 1.